The SMILES string of the molecule is CCNC(=O)C(CC)N(Cc1ccc(C)cc1)C(=O)CCc1ccc(OCC)c(OCC)c1. The third-order valence-electron chi connectivity index (χ3n) is 5.45. The van der Waals surface area contributed by atoms with Gasteiger partial charge in [0.1, 0.15) is 6.04 Å². The summed E-state index contributed by atoms with van der Waals surface area (Å²) in [6, 6.07) is 13.4. The molecule has 180 valence electrons. The highest BCUT2D eigenvalue weighted by Gasteiger charge is 2.28. The van der Waals surface area contributed by atoms with Crippen LogP contribution in [0.3, 0.4) is 0 Å². The maximum Gasteiger partial charge on any atom is 0.242 e. The Morgan fingerprint density at radius 1 is 0.909 bits per heavy atom. The van der Waals surface area contributed by atoms with E-state index >= 15 is 0 Å². The number of hydrogen-bond acceptors (Lipinski definition) is 4. The number of likely N-dealkylation sites (N-methyl/N-ethyl adjacent to an activating group) is 1. The molecule has 0 aliphatic rings. The molecule has 2 aromatic rings. The largest absolute Gasteiger partial charge is 0.490 e. The number of carbonyl (C=O) groups excluding carboxylic acids is 2. The van der Waals surface area contributed by atoms with Gasteiger partial charge in [-0.3, -0.25) is 9.59 Å². The molecular formula is C27H38N2O4. The molecule has 0 heterocycles. The van der Waals surface area contributed by atoms with Crippen LogP contribution in [-0.4, -0.2) is 42.5 Å². The second-order valence-corrected chi connectivity index (χ2v) is 7.97. The highest BCUT2D eigenvalue weighted by atomic mass is 16.5. The lowest BCUT2D eigenvalue weighted by Gasteiger charge is -2.30. The second kappa shape index (κ2) is 13.5. The maximum absolute atomic E-state index is 13.4. The molecule has 1 atom stereocenters. The van der Waals surface area contributed by atoms with E-state index in [2.05, 4.69) is 5.32 Å². The van der Waals surface area contributed by atoms with Gasteiger partial charge in [0, 0.05) is 19.5 Å². The maximum atomic E-state index is 13.4. The molecule has 0 saturated heterocycles. The zero-order chi connectivity index (χ0) is 24.2. The quantitative estimate of drug-likeness (QED) is 0.478. The first-order valence-corrected chi connectivity index (χ1v) is 11.9. The van der Waals surface area contributed by atoms with E-state index in [9.17, 15) is 9.59 Å². The van der Waals surface area contributed by atoms with Crippen LogP contribution in [0.25, 0.3) is 0 Å². The van der Waals surface area contributed by atoms with Crippen molar-refractivity contribution < 1.29 is 19.1 Å². The number of amides is 2. The fourth-order valence-corrected chi connectivity index (χ4v) is 3.75. The van der Waals surface area contributed by atoms with Crippen molar-refractivity contribution in [2.45, 2.75) is 66.5 Å². The van der Waals surface area contributed by atoms with E-state index in [4.69, 9.17) is 9.47 Å². The van der Waals surface area contributed by atoms with Crippen molar-refractivity contribution in [1.82, 2.24) is 10.2 Å². The van der Waals surface area contributed by atoms with Crippen LogP contribution in [0.5, 0.6) is 11.5 Å². The molecule has 0 radical (unpaired) electrons. The zero-order valence-electron chi connectivity index (χ0n) is 20.6. The van der Waals surface area contributed by atoms with Crippen molar-refractivity contribution in [3.8, 4) is 11.5 Å². The van der Waals surface area contributed by atoms with Crippen molar-refractivity contribution in [3.63, 3.8) is 0 Å². The number of benzene rings is 2. The second-order valence-electron chi connectivity index (χ2n) is 7.97. The summed E-state index contributed by atoms with van der Waals surface area (Å²) in [6.07, 6.45) is 1.42. The summed E-state index contributed by atoms with van der Waals surface area (Å²) in [5.74, 6) is 1.24. The first-order valence-electron chi connectivity index (χ1n) is 11.9. The minimum atomic E-state index is -0.502. The lowest BCUT2D eigenvalue weighted by atomic mass is 10.1. The Morgan fingerprint density at radius 2 is 1.55 bits per heavy atom. The summed E-state index contributed by atoms with van der Waals surface area (Å²) >= 11 is 0. The van der Waals surface area contributed by atoms with Gasteiger partial charge in [-0.2, -0.15) is 0 Å². The topological polar surface area (TPSA) is 67.9 Å². The molecule has 1 unspecified atom stereocenters. The number of nitrogens with one attached hydrogen (secondary N) is 1. The van der Waals surface area contributed by atoms with Crippen LogP contribution in [0.2, 0.25) is 0 Å². The molecule has 2 rings (SSSR count). The summed E-state index contributed by atoms with van der Waals surface area (Å²) in [7, 11) is 0. The standard InChI is InChI=1S/C27H38N2O4/c1-6-23(27(31)28-7-2)29(19-22-12-10-20(5)11-13-22)26(30)17-15-21-14-16-24(32-8-3)25(18-21)33-9-4/h10-14,16,18,23H,6-9,15,17,19H2,1-5H3,(H,28,31). The fourth-order valence-electron chi connectivity index (χ4n) is 3.75. The monoisotopic (exact) mass is 454 g/mol. The molecule has 2 aromatic carbocycles. The van der Waals surface area contributed by atoms with Gasteiger partial charge < -0.3 is 19.7 Å². The lowest BCUT2D eigenvalue weighted by Crippen LogP contribution is -2.49. The number of nitrogens with zero attached hydrogens (tertiary/aromatic N) is 1. The molecular weight excluding hydrogens is 416 g/mol. The fraction of sp³-hybridized carbons (Fsp3) is 0.481. The van der Waals surface area contributed by atoms with E-state index in [1.807, 2.05) is 77.1 Å². The summed E-state index contributed by atoms with van der Waals surface area (Å²) in [5, 5.41) is 2.88. The van der Waals surface area contributed by atoms with Crippen molar-refractivity contribution in [1.29, 1.82) is 0 Å². The Labute approximate surface area is 198 Å². The molecule has 0 aromatic heterocycles. The molecule has 0 spiro atoms. The minimum absolute atomic E-state index is 0.0412. The smallest absolute Gasteiger partial charge is 0.242 e. The minimum Gasteiger partial charge on any atom is -0.490 e. The van der Waals surface area contributed by atoms with E-state index in [0.717, 1.165) is 16.7 Å². The van der Waals surface area contributed by atoms with Gasteiger partial charge in [-0.05, 0) is 63.8 Å². The summed E-state index contributed by atoms with van der Waals surface area (Å²) in [6.45, 7) is 11.8. The highest BCUT2D eigenvalue weighted by Crippen LogP contribution is 2.29. The Kier molecular flexibility index (Phi) is 10.7. The molecule has 6 nitrogen and oxygen atoms in total. The van der Waals surface area contributed by atoms with Crippen molar-refractivity contribution in [3.05, 3.63) is 59.2 Å². The Morgan fingerprint density at radius 3 is 2.15 bits per heavy atom. The molecule has 2 amide bonds. The normalized spacial score (nSPS) is 11.5. The Balaban J connectivity index is 2.20. The molecule has 33 heavy (non-hydrogen) atoms. The molecule has 0 bridgehead atoms. The predicted octanol–water partition coefficient (Wildman–Crippen LogP) is 4.67. The van der Waals surface area contributed by atoms with Crippen LogP contribution in [0.4, 0.5) is 0 Å². The van der Waals surface area contributed by atoms with Crippen LogP contribution >= 0.6 is 0 Å². The molecule has 0 saturated carbocycles. The Hall–Kier alpha value is -3.02. The van der Waals surface area contributed by atoms with Gasteiger partial charge in [-0.15, -0.1) is 0 Å². The summed E-state index contributed by atoms with van der Waals surface area (Å²) < 4.78 is 11.3. The van der Waals surface area contributed by atoms with Gasteiger partial charge in [-0.25, -0.2) is 0 Å². The van der Waals surface area contributed by atoms with Crippen LogP contribution in [0.15, 0.2) is 42.5 Å². The predicted molar refractivity (Wildman–Crippen MR) is 132 cm³/mol. The van der Waals surface area contributed by atoms with Crippen molar-refractivity contribution in [2.24, 2.45) is 0 Å². The Bertz CT molecular complexity index is 895. The molecule has 0 fully saturated rings. The van der Waals surface area contributed by atoms with Gasteiger partial charge in [0.15, 0.2) is 11.5 Å². The van der Waals surface area contributed by atoms with Crippen LogP contribution in [0, 0.1) is 6.92 Å². The number of hydrogen-bond donors (Lipinski definition) is 1. The van der Waals surface area contributed by atoms with E-state index < -0.39 is 6.04 Å². The molecule has 6 heteroatoms. The summed E-state index contributed by atoms with van der Waals surface area (Å²) in [5.41, 5.74) is 3.17. The average molecular weight is 455 g/mol. The number of carbonyl (C=O) groups is 2. The molecule has 0 aliphatic heterocycles. The molecule has 0 aliphatic carbocycles. The number of ether oxygens (including phenoxy) is 2. The van der Waals surface area contributed by atoms with Gasteiger partial charge in [0.05, 0.1) is 13.2 Å². The number of rotatable bonds is 13. The lowest BCUT2D eigenvalue weighted by molar-refractivity contribution is -0.141. The van der Waals surface area contributed by atoms with Crippen LogP contribution in [-0.2, 0) is 22.6 Å². The zero-order valence-corrected chi connectivity index (χ0v) is 20.6. The van der Waals surface area contributed by atoms with E-state index in [0.29, 0.717) is 57.1 Å². The first-order chi connectivity index (χ1) is 15.9. The third-order valence-corrected chi connectivity index (χ3v) is 5.45. The van der Waals surface area contributed by atoms with Crippen molar-refractivity contribution >= 4 is 11.8 Å². The average Bonchev–Trinajstić information content (AvgIpc) is 2.80. The summed E-state index contributed by atoms with van der Waals surface area (Å²) in [4.78, 5) is 27.8. The first kappa shape index (κ1) is 26.2. The van der Waals surface area contributed by atoms with E-state index in [1.165, 1.54) is 0 Å². The van der Waals surface area contributed by atoms with Crippen molar-refractivity contribution in [2.75, 3.05) is 19.8 Å². The highest BCUT2D eigenvalue weighted by molar-refractivity contribution is 5.87. The number of aryl methyl sites for hydroxylation is 2. The van der Waals surface area contributed by atoms with Gasteiger partial charge in [0.2, 0.25) is 11.8 Å². The van der Waals surface area contributed by atoms with Gasteiger partial charge >= 0.3 is 0 Å². The van der Waals surface area contributed by atoms with Gasteiger partial charge in [0.25, 0.3) is 0 Å². The van der Waals surface area contributed by atoms with Crippen LogP contribution in [0.1, 0.15) is 57.2 Å². The van der Waals surface area contributed by atoms with Gasteiger partial charge in [-0.1, -0.05) is 42.8 Å². The third kappa shape index (κ3) is 7.81. The van der Waals surface area contributed by atoms with Crippen LogP contribution < -0.4 is 14.8 Å². The van der Waals surface area contributed by atoms with E-state index in [1.54, 1.807) is 4.90 Å². The van der Waals surface area contributed by atoms with E-state index in [-0.39, 0.29) is 11.8 Å². The molecule has 1 N–H and O–H groups in total.